The van der Waals surface area contributed by atoms with Crippen molar-refractivity contribution >= 4 is 60.1 Å². The van der Waals surface area contributed by atoms with Crippen molar-refractivity contribution in [3.63, 3.8) is 0 Å². The fourth-order valence-corrected chi connectivity index (χ4v) is 4.78. The van der Waals surface area contributed by atoms with Crippen LogP contribution in [0.15, 0.2) is 40.9 Å². The van der Waals surface area contributed by atoms with Gasteiger partial charge in [-0.2, -0.15) is 0 Å². The molecule has 0 N–H and O–H groups in total. The number of anilines is 1. The molecule has 7 heteroatoms. The lowest BCUT2D eigenvalue weighted by molar-refractivity contribution is 0.0917. The summed E-state index contributed by atoms with van der Waals surface area (Å²) in [6.45, 7) is 3.24. The van der Waals surface area contributed by atoms with Gasteiger partial charge in [0.15, 0.2) is 5.13 Å². The summed E-state index contributed by atoms with van der Waals surface area (Å²) >= 11 is 11.2. The molecule has 0 aliphatic carbocycles. The van der Waals surface area contributed by atoms with Crippen LogP contribution in [0.5, 0.6) is 0 Å². The smallest absolute Gasteiger partial charge is 0.260 e. The Hall–Kier alpha value is -1.47. The van der Waals surface area contributed by atoms with E-state index in [4.69, 9.17) is 21.3 Å². The molecule has 1 aromatic heterocycles. The topological polar surface area (TPSA) is 42.4 Å². The fraction of sp³-hybridized carbons (Fsp3) is 0.300. The van der Waals surface area contributed by atoms with Crippen LogP contribution in [-0.4, -0.2) is 30.1 Å². The molecule has 1 saturated heterocycles. The summed E-state index contributed by atoms with van der Waals surface area (Å²) in [4.78, 5) is 19.8. The van der Waals surface area contributed by atoms with Crippen molar-refractivity contribution in [3.8, 4) is 0 Å². The molecule has 0 saturated carbocycles. The summed E-state index contributed by atoms with van der Waals surface area (Å²) in [6, 6.07) is 11.2. The number of thiazole rings is 1. The predicted octanol–water partition coefficient (Wildman–Crippen LogP) is 5.85. The van der Waals surface area contributed by atoms with E-state index < -0.39 is 0 Å². The second kappa shape index (κ2) is 7.87. The average Bonchev–Trinajstić information content (AvgIpc) is 3.33. The molecule has 4 nitrogen and oxygen atoms in total. The number of hydrogen-bond donors (Lipinski definition) is 0. The van der Waals surface area contributed by atoms with Crippen LogP contribution < -0.4 is 4.90 Å². The Balaban J connectivity index is 1.75. The molecule has 1 aliphatic heterocycles. The van der Waals surface area contributed by atoms with E-state index in [0.717, 1.165) is 39.7 Å². The van der Waals surface area contributed by atoms with Crippen molar-refractivity contribution in [2.45, 2.75) is 25.9 Å². The first-order valence-electron chi connectivity index (χ1n) is 8.77. The molecule has 0 bridgehead atoms. The number of carbonyl (C=O) groups is 1. The standard InChI is InChI=1S/C20H18BrClN2O2S/c1-12-4-9-16(22)18-17(12)23-20(27-18)24(11-15-3-2-10-26-15)19(25)13-5-7-14(21)8-6-13/h4-9,15H,2-3,10-11H2,1H3. The van der Waals surface area contributed by atoms with Gasteiger partial charge in [0, 0.05) is 16.6 Å². The van der Waals surface area contributed by atoms with Crippen LogP contribution in [0.1, 0.15) is 28.8 Å². The fourth-order valence-electron chi connectivity index (χ4n) is 3.19. The maximum atomic E-state index is 13.3. The zero-order chi connectivity index (χ0) is 19.0. The summed E-state index contributed by atoms with van der Waals surface area (Å²) in [6.07, 6.45) is 2.01. The molecule has 4 rings (SSSR count). The van der Waals surface area contributed by atoms with Crippen LogP contribution in [0.3, 0.4) is 0 Å². The number of amides is 1. The lowest BCUT2D eigenvalue weighted by atomic mass is 10.2. The minimum Gasteiger partial charge on any atom is -0.376 e. The summed E-state index contributed by atoms with van der Waals surface area (Å²) < 4.78 is 7.63. The Morgan fingerprint density at radius 1 is 1.33 bits per heavy atom. The normalized spacial score (nSPS) is 16.8. The van der Waals surface area contributed by atoms with Crippen LogP contribution in [0.25, 0.3) is 10.2 Å². The van der Waals surface area contributed by atoms with E-state index in [2.05, 4.69) is 15.9 Å². The number of rotatable bonds is 4. The highest BCUT2D eigenvalue weighted by atomic mass is 79.9. The Labute approximate surface area is 175 Å². The number of fused-ring (bicyclic) bond motifs is 1. The average molecular weight is 466 g/mol. The van der Waals surface area contributed by atoms with Crippen LogP contribution in [-0.2, 0) is 4.74 Å². The molecule has 27 heavy (non-hydrogen) atoms. The Kier molecular flexibility index (Phi) is 5.50. The zero-order valence-electron chi connectivity index (χ0n) is 14.7. The van der Waals surface area contributed by atoms with E-state index in [0.29, 0.717) is 22.3 Å². The third-order valence-corrected chi connectivity index (χ3v) is 6.73. The maximum Gasteiger partial charge on any atom is 0.260 e. The minimum atomic E-state index is -0.0779. The summed E-state index contributed by atoms with van der Waals surface area (Å²) in [7, 11) is 0. The van der Waals surface area contributed by atoms with Gasteiger partial charge in [0.1, 0.15) is 0 Å². The molecule has 0 spiro atoms. The van der Waals surface area contributed by atoms with Crippen LogP contribution >= 0.6 is 38.9 Å². The molecule has 1 atom stereocenters. The summed E-state index contributed by atoms with van der Waals surface area (Å²) in [5, 5.41) is 1.32. The number of aryl methyl sites for hydroxylation is 1. The van der Waals surface area contributed by atoms with Gasteiger partial charge >= 0.3 is 0 Å². The Morgan fingerprint density at radius 3 is 2.78 bits per heavy atom. The largest absolute Gasteiger partial charge is 0.376 e. The van der Waals surface area contributed by atoms with Crippen molar-refractivity contribution in [2.75, 3.05) is 18.1 Å². The van der Waals surface area contributed by atoms with E-state index >= 15 is 0 Å². The molecule has 2 heterocycles. The van der Waals surface area contributed by atoms with Crippen LogP contribution in [0.4, 0.5) is 5.13 Å². The monoisotopic (exact) mass is 464 g/mol. The number of hydrogen-bond acceptors (Lipinski definition) is 4. The van der Waals surface area contributed by atoms with Gasteiger partial charge in [0.05, 0.1) is 27.9 Å². The Morgan fingerprint density at radius 2 is 2.11 bits per heavy atom. The van der Waals surface area contributed by atoms with Gasteiger partial charge in [0.25, 0.3) is 5.91 Å². The van der Waals surface area contributed by atoms with Crippen molar-refractivity contribution in [2.24, 2.45) is 0 Å². The molecule has 1 aliphatic rings. The van der Waals surface area contributed by atoms with E-state index in [9.17, 15) is 4.79 Å². The van der Waals surface area contributed by atoms with Crippen molar-refractivity contribution < 1.29 is 9.53 Å². The van der Waals surface area contributed by atoms with Gasteiger partial charge in [-0.15, -0.1) is 0 Å². The first-order valence-corrected chi connectivity index (χ1v) is 10.8. The quantitative estimate of drug-likeness (QED) is 0.485. The van der Waals surface area contributed by atoms with Gasteiger partial charge < -0.3 is 4.74 Å². The highest BCUT2D eigenvalue weighted by Gasteiger charge is 2.27. The van der Waals surface area contributed by atoms with Crippen LogP contribution in [0.2, 0.25) is 5.02 Å². The van der Waals surface area contributed by atoms with Gasteiger partial charge in [-0.1, -0.05) is 44.9 Å². The van der Waals surface area contributed by atoms with Crippen LogP contribution in [0, 0.1) is 6.92 Å². The van der Waals surface area contributed by atoms with E-state index in [1.807, 2.05) is 43.3 Å². The first kappa shape index (κ1) is 18.9. The minimum absolute atomic E-state index is 0.0352. The highest BCUT2D eigenvalue weighted by Crippen LogP contribution is 2.36. The third kappa shape index (κ3) is 3.90. The van der Waals surface area contributed by atoms with Crippen molar-refractivity contribution in [3.05, 3.63) is 57.0 Å². The van der Waals surface area contributed by atoms with E-state index in [1.165, 1.54) is 11.3 Å². The number of aromatic nitrogens is 1. The van der Waals surface area contributed by atoms with Gasteiger partial charge in [-0.25, -0.2) is 4.98 Å². The van der Waals surface area contributed by atoms with Crippen molar-refractivity contribution in [1.29, 1.82) is 0 Å². The molecular formula is C20H18BrClN2O2S. The molecule has 1 amide bonds. The number of halogens is 2. The molecule has 1 unspecified atom stereocenters. The second-order valence-electron chi connectivity index (χ2n) is 6.60. The molecule has 140 valence electrons. The number of carbonyl (C=O) groups excluding carboxylic acids is 1. The number of benzene rings is 2. The molecular weight excluding hydrogens is 448 g/mol. The predicted molar refractivity (Wildman–Crippen MR) is 114 cm³/mol. The third-order valence-electron chi connectivity index (χ3n) is 4.66. The summed E-state index contributed by atoms with van der Waals surface area (Å²) in [5.74, 6) is -0.0779. The molecule has 1 fully saturated rings. The van der Waals surface area contributed by atoms with Gasteiger partial charge in [-0.05, 0) is 55.7 Å². The van der Waals surface area contributed by atoms with E-state index in [-0.39, 0.29) is 12.0 Å². The summed E-state index contributed by atoms with van der Waals surface area (Å²) in [5.41, 5.74) is 2.52. The van der Waals surface area contributed by atoms with Crippen molar-refractivity contribution in [1.82, 2.24) is 4.98 Å². The van der Waals surface area contributed by atoms with E-state index in [1.54, 1.807) is 4.90 Å². The zero-order valence-corrected chi connectivity index (χ0v) is 17.9. The molecule has 0 radical (unpaired) electrons. The molecule has 3 aromatic rings. The lowest BCUT2D eigenvalue weighted by Gasteiger charge is -2.23. The molecule has 2 aromatic carbocycles. The number of ether oxygens (including phenoxy) is 1. The number of nitrogens with zero attached hydrogens (tertiary/aromatic N) is 2. The second-order valence-corrected chi connectivity index (χ2v) is 8.90. The SMILES string of the molecule is Cc1ccc(Cl)c2sc(N(CC3CCCO3)C(=O)c3ccc(Br)cc3)nc12. The lowest BCUT2D eigenvalue weighted by Crippen LogP contribution is -2.37. The Bertz CT molecular complexity index is 945. The van der Waals surface area contributed by atoms with Gasteiger partial charge in [0.2, 0.25) is 0 Å². The first-order chi connectivity index (χ1) is 13.0. The van der Waals surface area contributed by atoms with Gasteiger partial charge in [-0.3, -0.25) is 9.69 Å². The highest BCUT2D eigenvalue weighted by molar-refractivity contribution is 9.10. The maximum absolute atomic E-state index is 13.3.